The van der Waals surface area contributed by atoms with Gasteiger partial charge in [0.05, 0.1) is 28.7 Å². The molecule has 0 aromatic carbocycles. The Bertz CT molecular complexity index is 755. The highest BCUT2D eigenvalue weighted by Gasteiger charge is 2.32. The minimum Gasteiger partial charge on any atom is -0.465 e. The second-order valence-corrected chi connectivity index (χ2v) is 8.36. The number of amides is 2. The number of hydrogen-bond donors (Lipinski definition) is 3. The van der Waals surface area contributed by atoms with E-state index >= 15 is 0 Å². The van der Waals surface area contributed by atoms with Crippen LogP contribution in [-0.2, 0) is 19.1 Å². The van der Waals surface area contributed by atoms with Crippen molar-refractivity contribution in [3.8, 4) is 0 Å². The Hall–Kier alpha value is -1.93. The third-order valence-corrected chi connectivity index (χ3v) is 5.49. The van der Waals surface area contributed by atoms with Crippen LogP contribution in [-0.4, -0.2) is 30.1 Å². The van der Waals surface area contributed by atoms with Crippen LogP contribution in [0.3, 0.4) is 0 Å². The molecule has 31 heavy (non-hydrogen) atoms. The van der Waals surface area contributed by atoms with Crippen LogP contribution in [0.1, 0.15) is 60.8 Å². The SMILES string of the molecule is C/C=C/C(C(=O)OC)=C(\S)NC(=O)CC1SC2=CCC(C)C=C2NC1=O.CC.CCC. The molecule has 0 aromatic heterocycles. The highest BCUT2D eigenvalue weighted by molar-refractivity contribution is 8.04. The molecule has 6 nitrogen and oxygen atoms in total. The third-order valence-electron chi connectivity index (χ3n) is 3.83. The highest BCUT2D eigenvalue weighted by atomic mass is 32.2. The van der Waals surface area contributed by atoms with E-state index in [0.717, 1.165) is 17.0 Å². The summed E-state index contributed by atoms with van der Waals surface area (Å²) in [6.45, 7) is 12.1. The number of carbonyl (C=O) groups excluding carboxylic acids is 3. The van der Waals surface area contributed by atoms with E-state index in [2.05, 4.69) is 54.8 Å². The van der Waals surface area contributed by atoms with E-state index in [4.69, 9.17) is 0 Å². The lowest BCUT2D eigenvalue weighted by Gasteiger charge is -2.29. The Labute approximate surface area is 196 Å². The average Bonchev–Trinajstić information content (AvgIpc) is 2.74. The van der Waals surface area contributed by atoms with Gasteiger partial charge in [0.2, 0.25) is 11.8 Å². The molecule has 2 amide bonds. The van der Waals surface area contributed by atoms with Crippen molar-refractivity contribution in [1.29, 1.82) is 0 Å². The van der Waals surface area contributed by atoms with E-state index in [1.807, 2.05) is 19.9 Å². The van der Waals surface area contributed by atoms with E-state index in [0.29, 0.717) is 5.92 Å². The molecule has 2 atom stereocenters. The summed E-state index contributed by atoms with van der Waals surface area (Å²) in [6.07, 6.45) is 9.40. The monoisotopic (exact) mass is 468 g/mol. The average molecular weight is 469 g/mol. The summed E-state index contributed by atoms with van der Waals surface area (Å²) in [5, 5.41) is 4.98. The standard InChI is InChI=1S/C18H22N2O4S2.C3H8.C2H6/c1-4-5-11(18(23)24-3)17(25)20-15(21)9-14-16(22)19-12-8-10(2)6-7-13(12)26-14;1-3-2;1-2/h4-5,7-8,10,14,25H,6,9H2,1-3H3,(H,19,22)(H,20,21);3H2,1-2H3;1-2H3/b5-4+,17-11+;;. The van der Waals surface area contributed by atoms with Crippen LogP contribution in [0, 0.1) is 5.92 Å². The number of thiol groups is 1. The molecule has 1 aliphatic heterocycles. The normalized spacial score (nSPS) is 20.3. The zero-order chi connectivity index (χ0) is 24.0. The first-order chi connectivity index (χ1) is 14.8. The van der Waals surface area contributed by atoms with Gasteiger partial charge in [0.15, 0.2) is 0 Å². The fourth-order valence-electron chi connectivity index (χ4n) is 2.55. The number of nitrogens with one attached hydrogen (secondary N) is 2. The van der Waals surface area contributed by atoms with Crippen molar-refractivity contribution in [3.63, 3.8) is 0 Å². The van der Waals surface area contributed by atoms with E-state index in [1.54, 1.807) is 13.0 Å². The summed E-state index contributed by atoms with van der Waals surface area (Å²) in [4.78, 5) is 37.3. The van der Waals surface area contributed by atoms with E-state index < -0.39 is 17.1 Å². The molecule has 2 unspecified atom stereocenters. The fraction of sp³-hybridized carbons (Fsp3) is 0.522. The molecule has 1 fully saturated rings. The van der Waals surface area contributed by atoms with Crippen LogP contribution in [0.2, 0.25) is 0 Å². The van der Waals surface area contributed by atoms with Crippen molar-refractivity contribution in [2.75, 3.05) is 7.11 Å². The summed E-state index contributed by atoms with van der Waals surface area (Å²) in [6, 6.07) is 0. The highest BCUT2D eigenvalue weighted by Crippen LogP contribution is 2.37. The van der Waals surface area contributed by atoms with Crippen LogP contribution in [0.15, 0.2) is 45.5 Å². The molecule has 1 saturated heterocycles. The zero-order valence-electron chi connectivity index (χ0n) is 19.6. The molecular weight excluding hydrogens is 432 g/mol. The Morgan fingerprint density at radius 3 is 2.52 bits per heavy atom. The van der Waals surface area contributed by atoms with Crippen LogP contribution in [0.5, 0.6) is 0 Å². The minimum atomic E-state index is -0.602. The number of thioether (sulfide) groups is 1. The van der Waals surface area contributed by atoms with Gasteiger partial charge < -0.3 is 15.4 Å². The van der Waals surface area contributed by atoms with Crippen molar-refractivity contribution < 1.29 is 19.1 Å². The lowest BCUT2D eigenvalue weighted by atomic mass is 10.0. The lowest BCUT2D eigenvalue weighted by molar-refractivity contribution is -0.135. The number of methoxy groups -OCH3 is 1. The van der Waals surface area contributed by atoms with Gasteiger partial charge in [-0.1, -0.05) is 59.3 Å². The summed E-state index contributed by atoms with van der Waals surface area (Å²) in [5.74, 6) is -0.816. The summed E-state index contributed by atoms with van der Waals surface area (Å²) in [5.41, 5.74) is 0.966. The predicted molar refractivity (Wildman–Crippen MR) is 132 cm³/mol. The summed E-state index contributed by atoms with van der Waals surface area (Å²) in [7, 11) is 1.25. The topological polar surface area (TPSA) is 84.5 Å². The smallest absolute Gasteiger partial charge is 0.340 e. The number of carbonyl (C=O) groups is 3. The molecule has 1 heterocycles. The molecule has 2 rings (SSSR count). The van der Waals surface area contributed by atoms with Gasteiger partial charge in [-0.25, -0.2) is 4.79 Å². The molecular formula is C23H36N2O4S2. The van der Waals surface area contributed by atoms with E-state index in [1.165, 1.54) is 31.4 Å². The zero-order valence-corrected chi connectivity index (χ0v) is 21.3. The van der Waals surface area contributed by atoms with Crippen molar-refractivity contribution in [1.82, 2.24) is 10.6 Å². The maximum atomic E-state index is 12.3. The van der Waals surface area contributed by atoms with Gasteiger partial charge in [0.25, 0.3) is 0 Å². The Morgan fingerprint density at radius 2 is 1.97 bits per heavy atom. The number of allylic oxidation sites excluding steroid dienone is 3. The third kappa shape index (κ3) is 9.82. The molecule has 8 heteroatoms. The van der Waals surface area contributed by atoms with Gasteiger partial charge in [-0.05, 0) is 25.3 Å². The first-order valence-electron chi connectivity index (χ1n) is 10.6. The van der Waals surface area contributed by atoms with Crippen LogP contribution < -0.4 is 10.6 Å². The number of rotatable bonds is 5. The van der Waals surface area contributed by atoms with E-state index in [9.17, 15) is 14.4 Å². The van der Waals surface area contributed by atoms with Crippen LogP contribution in [0.25, 0.3) is 0 Å². The molecule has 0 aromatic rings. The lowest BCUT2D eigenvalue weighted by Crippen LogP contribution is -2.40. The van der Waals surface area contributed by atoms with Gasteiger partial charge in [0.1, 0.15) is 0 Å². The summed E-state index contributed by atoms with van der Waals surface area (Å²) < 4.78 is 4.67. The number of hydrogen-bond acceptors (Lipinski definition) is 6. The van der Waals surface area contributed by atoms with Crippen LogP contribution >= 0.6 is 24.4 Å². The molecule has 174 valence electrons. The molecule has 0 spiro atoms. The minimum absolute atomic E-state index is 0.0228. The van der Waals surface area contributed by atoms with Crippen LogP contribution in [0.4, 0.5) is 0 Å². The largest absolute Gasteiger partial charge is 0.465 e. The van der Waals surface area contributed by atoms with Gasteiger partial charge in [-0.15, -0.1) is 24.4 Å². The number of fused-ring (bicyclic) bond motifs is 1. The second kappa shape index (κ2) is 15.8. The predicted octanol–water partition coefficient (Wildman–Crippen LogP) is 4.86. The maximum absolute atomic E-state index is 12.3. The van der Waals surface area contributed by atoms with Crippen molar-refractivity contribution in [2.45, 2.75) is 66.1 Å². The second-order valence-electron chi connectivity index (χ2n) is 6.67. The molecule has 0 bridgehead atoms. The molecule has 2 aliphatic rings. The first-order valence-corrected chi connectivity index (χ1v) is 11.9. The molecule has 0 radical (unpaired) electrons. The van der Waals surface area contributed by atoms with Crippen molar-refractivity contribution >= 4 is 42.2 Å². The summed E-state index contributed by atoms with van der Waals surface area (Å²) >= 11 is 5.57. The molecule has 2 N–H and O–H groups in total. The van der Waals surface area contributed by atoms with Gasteiger partial charge in [0, 0.05) is 11.3 Å². The van der Waals surface area contributed by atoms with E-state index in [-0.39, 0.29) is 22.9 Å². The number of esters is 1. The van der Waals surface area contributed by atoms with Crippen molar-refractivity contribution in [3.05, 3.63) is 45.5 Å². The number of ether oxygens (including phenoxy) is 1. The molecule has 0 saturated carbocycles. The van der Waals surface area contributed by atoms with Gasteiger partial charge in [-0.3, -0.25) is 9.59 Å². The fourth-order valence-corrected chi connectivity index (χ4v) is 3.98. The Kier molecular flexibility index (Phi) is 14.8. The molecule has 1 aliphatic carbocycles. The van der Waals surface area contributed by atoms with Gasteiger partial charge >= 0.3 is 5.97 Å². The van der Waals surface area contributed by atoms with Gasteiger partial charge in [-0.2, -0.15) is 0 Å². The first kappa shape index (κ1) is 29.1. The Balaban J connectivity index is 0.00000165. The quantitative estimate of drug-likeness (QED) is 0.232. The van der Waals surface area contributed by atoms with Crippen molar-refractivity contribution in [2.24, 2.45) is 5.92 Å². The Morgan fingerprint density at radius 1 is 1.35 bits per heavy atom. The maximum Gasteiger partial charge on any atom is 0.340 e.